The summed E-state index contributed by atoms with van der Waals surface area (Å²) in [6.45, 7) is 3.12. The molecule has 3 nitrogen and oxygen atoms in total. The van der Waals surface area contributed by atoms with Gasteiger partial charge in [0.15, 0.2) is 0 Å². The van der Waals surface area contributed by atoms with Gasteiger partial charge in [-0.2, -0.15) is 0 Å². The molecule has 22 heavy (non-hydrogen) atoms. The monoisotopic (exact) mass is 317 g/mol. The van der Waals surface area contributed by atoms with Gasteiger partial charge in [0.1, 0.15) is 5.75 Å². The summed E-state index contributed by atoms with van der Waals surface area (Å²) < 4.78 is 5.55. The van der Waals surface area contributed by atoms with E-state index in [0.29, 0.717) is 31.0 Å². The number of carbonyl (C=O) groups is 1. The molecule has 4 heteroatoms. The summed E-state index contributed by atoms with van der Waals surface area (Å²) in [6, 6.07) is 15.3. The van der Waals surface area contributed by atoms with Gasteiger partial charge in [-0.05, 0) is 43.2 Å². The van der Waals surface area contributed by atoms with Crippen molar-refractivity contribution in [2.24, 2.45) is 0 Å². The van der Waals surface area contributed by atoms with Crippen LogP contribution in [0.5, 0.6) is 5.75 Å². The fraction of sp³-hybridized carbons (Fsp3) is 0.278. The first-order valence-electron chi connectivity index (χ1n) is 7.34. The summed E-state index contributed by atoms with van der Waals surface area (Å²) in [7, 11) is 0. The van der Waals surface area contributed by atoms with Crippen molar-refractivity contribution < 1.29 is 9.53 Å². The highest BCUT2D eigenvalue weighted by Crippen LogP contribution is 2.15. The SMILES string of the molecule is Cc1cccc(CNC(=O)CCCOc2ccc(Cl)cc2)c1. The summed E-state index contributed by atoms with van der Waals surface area (Å²) in [5, 5.41) is 3.60. The minimum absolute atomic E-state index is 0.0428. The smallest absolute Gasteiger partial charge is 0.220 e. The topological polar surface area (TPSA) is 38.3 Å². The first-order valence-corrected chi connectivity index (χ1v) is 7.72. The Labute approximate surface area is 136 Å². The van der Waals surface area contributed by atoms with Crippen LogP contribution in [0.25, 0.3) is 0 Å². The fourth-order valence-electron chi connectivity index (χ4n) is 2.06. The van der Waals surface area contributed by atoms with Gasteiger partial charge >= 0.3 is 0 Å². The van der Waals surface area contributed by atoms with E-state index in [-0.39, 0.29) is 5.91 Å². The van der Waals surface area contributed by atoms with E-state index in [1.54, 1.807) is 12.1 Å². The molecule has 2 aromatic rings. The van der Waals surface area contributed by atoms with Crippen LogP contribution < -0.4 is 10.1 Å². The lowest BCUT2D eigenvalue weighted by Crippen LogP contribution is -2.23. The normalized spacial score (nSPS) is 10.3. The van der Waals surface area contributed by atoms with E-state index in [9.17, 15) is 4.79 Å². The van der Waals surface area contributed by atoms with E-state index in [0.717, 1.165) is 11.3 Å². The fourth-order valence-corrected chi connectivity index (χ4v) is 2.19. The predicted octanol–water partition coefficient (Wildman–Crippen LogP) is 4.12. The Balaban J connectivity index is 1.62. The molecule has 0 aliphatic carbocycles. The highest BCUT2D eigenvalue weighted by Gasteiger charge is 2.02. The van der Waals surface area contributed by atoms with Gasteiger partial charge < -0.3 is 10.1 Å². The number of amides is 1. The van der Waals surface area contributed by atoms with E-state index in [4.69, 9.17) is 16.3 Å². The molecule has 0 heterocycles. The van der Waals surface area contributed by atoms with E-state index in [2.05, 4.69) is 11.4 Å². The average Bonchev–Trinajstić information content (AvgIpc) is 2.51. The van der Waals surface area contributed by atoms with Gasteiger partial charge in [0.05, 0.1) is 6.61 Å². The molecule has 2 aromatic carbocycles. The van der Waals surface area contributed by atoms with Gasteiger partial charge in [0, 0.05) is 18.0 Å². The largest absolute Gasteiger partial charge is 0.494 e. The average molecular weight is 318 g/mol. The van der Waals surface area contributed by atoms with Crippen molar-refractivity contribution in [3.8, 4) is 5.75 Å². The molecule has 0 bridgehead atoms. The van der Waals surface area contributed by atoms with E-state index in [1.165, 1.54) is 5.56 Å². The minimum Gasteiger partial charge on any atom is -0.494 e. The molecule has 116 valence electrons. The van der Waals surface area contributed by atoms with Crippen molar-refractivity contribution >= 4 is 17.5 Å². The maximum Gasteiger partial charge on any atom is 0.220 e. The van der Waals surface area contributed by atoms with Gasteiger partial charge in [-0.3, -0.25) is 4.79 Å². The predicted molar refractivity (Wildman–Crippen MR) is 89.2 cm³/mol. The molecule has 0 saturated heterocycles. The Morgan fingerprint density at radius 1 is 1.18 bits per heavy atom. The second-order valence-electron chi connectivity index (χ2n) is 5.17. The van der Waals surface area contributed by atoms with Crippen molar-refractivity contribution in [2.75, 3.05) is 6.61 Å². The molecule has 0 atom stereocenters. The van der Waals surface area contributed by atoms with Gasteiger partial charge in [0.2, 0.25) is 5.91 Å². The number of hydrogen-bond acceptors (Lipinski definition) is 2. The second kappa shape index (κ2) is 8.44. The van der Waals surface area contributed by atoms with Gasteiger partial charge in [-0.1, -0.05) is 41.4 Å². The van der Waals surface area contributed by atoms with Crippen LogP contribution in [0, 0.1) is 6.92 Å². The molecule has 0 spiro atoms. The van der Waals surface area contributed by atoms with Crippen LogP contribution in [0.2, 0.25) is 5.02 Å². The number of rotatable bonds is 7. The molecule has 0 aliphatic rings. The zero-order chi connectivity index (χ0) is 15.8. The van der Waals surface area contributed by atoms with Gasteiger partial charge in [0.25, 0.3) is 0 Å². The standard InChI is InChI=1S/C18H20ClNO2/c1-14-4-2-5-15(12-14)13-20-18(21)6-3-11-22-17-9-7-16(19)8-10-17/h2,4-5,7-10,12H,3,6,11,13H2,1H3,(H,20,21). The first kappa shape index (κ1) is 16.4. The Morgan fingerprint density at radius 2 is 1.95 bits per heavy atom. The van der Waals surface area contributed by atoms with E-state index >= 15 is 0 Å². The van der Waals surface area contributed by atoms with Crippen LogP contribution in [0.15, 0.2) is 48.5 Å². The summed E-state index contributed by atoms with van der Waals surface area (Å²) >= 11 is 5.80. The van der Waals surface area contributed by atoms with Crippen molar-refractivity contribution in [1.29, 1.82) is 0 Å². The maximum absolute atomic E-state index is 11.8. The summed E-state index contributed by atoms with van der Waals surface area (Å²) in [5.74, 6) is 0.811. The summed E-state index contributed by atoms with van der Waals surface area (Å²) in [4.78, 5) is 11.8. The van der Waals surface area contributed by atoms with Crippen LogP contribution >= 0.6 is 11.6 Å². The number of ether oxygens (including phenoxy) is 1. The summed E-state index contributed by atoms with van der Waals surface area (Å²) in [6.07, 6.45) is 1.14. The Morgan fingerprint density at radius 3 is 2.68 bits per heavy atom. The lowest BCUT2D eigenvalue weighted by molar-refractivity contribution is -0.121. The van der Waals surface area contributed by atoms with Crippen LogP contribution in [-0.4, -0.2) is 12.5 Å². The van der Waals surface area contributed by atoms with Gasteiger partial charge in [-0.25, -0.2) is 0 Å². The molecule has 0 unspecified atom stereocenters. The molecule has 0 fully saturated rings. The highest BCUT2D eigenvalue weighted by molar-refractivity contribution is 6.30. The zero-order valence-corrected chi connectivity index (χ0v) is 13.4. The number of carbonyl (C=O) groups excluding carboxylic acids is 1. The molecule has 0 saturated carbocycles. The lowest BCUT2D eigenvalue weighted by atomic mass is 10.1. The molecule has 1 N–H and O–H groups in total. The molecule has 0 aromatic heterocycles. The Kier molecular flexibility index (Phi) is 6.28. The minimum atomic E-state index is 0.0428. The van der Waals surface area contributed by atoms with Crippen LogP contribution in [0.3, 0.4) is 0 Å². The van der Waals surface area contributed by atoms with Gasteiger partial charge in [-0.15, -0.1) is 0 Å². The van der Waals surface area contributed by atoms with Crippen molar-refractivity contribution in [3.63, 3.8) is 0 Å². The third kappa shape index (κ3) is 5.78. The third-order valence-electron chi connectivity index (χ3n) is 3.20. The quantitative estimate of drug-likeness (QED) is 0.780. The van der Waals surface area contributed by atoms with E-state index < -0.39 is 0 Å². The highest BCUT2D eigenvalue weighted by atomic mass is 35.5. The third-order valence-corrected chi connectivity index (χ3v) is 3.45. The molecular weight excluding hydrogens is 298 g/mol. The van der Waals surface area contributed by atoms with Crippen molar-refractivity contribution in [3.05, 3.63) is 64.7 Å². The number of nitrogens with one attached hydrogen (secondary N) is 1. The molecule has 2 rings (SSSR count). The molecule has 1 amide bonds. The molecule has 0 radical (unpaired) electrons. The van der Waals surface area contributed by atoms with Crippen molar-refractivity contribution in [1.82, 2.24) is 5.32 Å². The van der Waals surface area contributed by atoms with Crippen LogP contribution in [0.4, 0.5) is 0 Å². The molecule has 0 aliphatic heterocycles. The maximum atomic E-state index is 11.8. The molecular formula is C18H20ClNO2. The number of hydrogen-bond donors (Lipinski definition) is 1. The van der Waals surface area contributed by atoms with Crippen molar-refractivity contribution in [2.45, 2.75) is 26.3 Å². The van der Waals surface area contributed by atoms with E-state index in [1.807, 2.05) is 37.3 Å². The Bertz CT molecular complexity index is 611. The summed E-state index contributed by atoms with van der Waals surface area (Å²) in [5.41, 5.74) is 2.31. The Hall–Kier alpha value is -2.00. The van der Waals surface area contributed by atoms with Crippen LogP contribution in [0.1, 0.15) is 24.0 Å². The second-order valence-corrected chi connectivity index (χ2v) is 5.61. The van der Waals surface area contributed by atoms with Crippen LogP contribution in [-0.2, 0) is 11.3 Å². The lowest BCUT2D eigenvalue weighted by Gasteiger charge is -2.07. The number of benzene rings is 2. The number of halogens is 1. The zero-order valence-electron chi connectivity index (χ0n) is 12.6. The number of aryl methyl sites for hydroxylation is 1. The first-order chi connectivity index (χ1) is 10.6.